The summed E-state index contributed by atoms with van der Waals surface area (Å²) >= 11 is 3.32. The third kappa shape index (κ3) is 5.10. The molecule has 0 bridgehead atoms. The third-order valence-electron chi connectivity index (χ3n) is 3.01. The standard InChI is InChI=1S/C17H17BrN2O3/c1-2-23-15-9-8-13(18)11-14(15)17(22)20-19-16(21)10-12-6-4-3-5-7-12/h3-9,11H,2,10H2,1H3,(H,19,21)(H,20,22). The van der Waals surface area contributed by atoms with E-state index in [0.717, 1.165) is 10.0 Å². The molecular weight excluding hydrogens is 360 g/mol. The van der Waals surface area contributed by atoms with E-state index in [4.69, 9.17) is 4.74 Å². The molecule has 2 aromatic carbocycles. The largest absolute Gasteiger partial charge is 0.493 e. The average Bonchev–Trinajstić information content (AvgIpc) is 2.55. The minimum Gasteiger partial charge on any atom is -0.493 e. The molecule has 0 saturated heterocycles. The van der Waals surface area contributed by atoms with Crippen molar-refractivity contribution in [1.82, 2.24) is 10.9 Å². The summed E-state index contributed by atoms with van der Waals surface area (Å²) in [4.78, 5) is 24.1. The molecule has 0 unspecified atom stereocenters. The van der Waals surface area contributed by atoms with Crippen molar-refractivity contribution >= 4 is 27.7 Å². The van der Waals surface area contributed by atoms with Gasteiger partial charge >= 0.3 is 0 Å². The molecule has 0 fully saturated rings. The first-order chi connectivity index (χ1) is 11.1. The van der Waals surface area contributed by atoms with Crippen molar-refractivity contribution in [2.24, 2.45) is 0 Å². The molecule has 0 aliphatic carbocycles. The Balaban J connectivity index is 1.97. The van der Waals surface area contributed by atoms with Crippen molar-refractivity contribution < 1.29 is 14.3 Å². The predicted octanol–water partition coefficient (Wildman–Crippen LogP) is 2.85. The van der Waals surface area contributed by atoms with Crippen LogP contribution in [0, 0.1) is 0 Å². The smallest absolute Gasteiger partial charge is 0.273 e. The number of amides is 2. The van der Waals surface area contributed by atoms with Crippen molar-refractivity contribution in [3.8, 4) is 5.75 Å². The summed E-state index contributed by atoms with van der Waals surface area (Å²) in [5.41, 5.74) is 6.03. The zero-order valence-electron chi connectivity index (χ0n) is 12.6. The van der Waals surface area contributed by atoms with Crippen LogP contribution in [0.1, 0.15) is 22.8 Å². The van der Waals surface area contributed by atoms with E-state index >= 15 is 0 Å². The summed E-state index contributed by atoms with van der Waals surface area (Å²) in [7, 11) is 0. The van der Waals surface area contributed by atoms with Crippen molar-refractivity contribution in [2.45, 2.75) is 13.3 Å². The Bertz CT molecular complexity index is 689. The number of nitrogens with one attached hydrogen (secondary N) is 2. The number of ether oxygens (including phenoxy) is 1. The summed E-state index contributed by atoms with van der Waals surface area (Å²) in [6.45, 7) is 2.29. The van der Waals surface area contributed by atoms with Gasteiger partial charge in [0.15, 0.2) is 0 Å². The molecule has 0 aliphatic rings. The summed E-state index contributed by atoms with van der Waals surface area (Å²) in [6, 6.07) is 14.4. The molecular formula is C17H17BrN2O3. The van der Waals surface area contributed by atoms with Crippen LogP contribution in [0.2, 0.25) is 0 Å². The summed E-state index contributed by atoms with van der Waals surface area (Å²) in [5.74, 6) is -0.265. The van der Waals surface area contributed by atoms with Gasteiger partial charge in [-0.05, 0) is 30.7 Å². The van der Waals surface area contributed by atoms with Crippen LogP contribution in [0.4, 0.5) is 0 Å². The maximum absolute atomic E-state index is 12.2. The van der Waals surface area contributed by atoms with Crippen molar-refractivity contribution in [3.05, 3.63) is 64.1 Å². The molecule has 6 heteroatoms. The second-order valence-electron chi connectivity index (χ2n) is 4.74. The summed E-state index contributed by atoms with van der Waals surface area (Å²) in [6.07, 6.45) is 0.192. The molecule has 0 saturated carbocycles. The molecule has 0 aliphatic heterocycles. The maximum atomic E-state index is 12.2. The lowest BCUT2D eigenvalue weighted by Crippen LogP contribution is -2.42. The van der Waals surface area contributed by atoms with E-state index in [1.807, 2.05) is 37.3 Å². The first-order valence-electron chi connectivity index (χ1n) is 7.15. The topological polar surface area (TPSA) is 67.4 Å². The lowest BCUT2D eigenvalue weighted by Gasteiger charge is -2.12. The van der Waals surface area contributed by atoms with Crippen LogP contribution in [0.3, 0.4) is 0 Å². The Morgan fingerprint density at radius 1 is 1.09 bits per heavy atom. The van der Waals surface area contributed by atoms with Gasteiger partial charge in [0.1, 0.15) is 5.75 Å². The van der Waals surface area contributed by atoms with E-state index in [1.54, 1.807) is 18.2 Å². The van der Waals surface area contributed by atoms with Gasteiger partial charge in [-0.25, -0.2) is 0 Å². The Hall–Kier alpha value is -2.34. The number of halogens is 1. The Kier molecular flexibility index (Phi) is 6.17. The minimum absolute atomic E-state index is 0.192. The zero-order chi connectivity index (χ0) is 16.7. The van der Waals surface area contributed by atoms with E-state index < -0.39 is 5.91 Å². The molecule has 0 atom stereocenters. The maximum Gasteiger partial charge on any atom is 0.273 e. The fourth-order valence-corrected chi connectivity index (χ4v) is 2.34. The zero-order valence-corrected chi connectivity index (χ0v) is 14.2. The number of hydrogen-bond donors (Lipinski definition) is 2. The van der Waals surface area contributed by atoms with E-state index in [2.05, 4.69) is 26.8 Å². The van der Waals surface area contributed by atoms with Gasteiger partial charge in [-0.3, -0.25) is 20.4 Å². The minimum atomic E-state index is -0.434. The second kappa shape index (κ2) is 8.33. The molecule has 0 heterocycles. The van der Waals surface area contributed by atoms with Gasteiger partial charge < -0.3 is 4.74 Å². The van der Waals surface area contributed by atoms with Gasteiger partial charge in [0.05, 0.1) is 18.6 Å². The number of carbonyl (C=O) groups excluding carboxylic acids is 2. The van der Waals surface area contributed by atoms with Gasteiger partial charge in [-0.1, -0.05) is 46.3 Å². The average molecular weight is 377 g/mol. The van der Waals surface area contributed by atoms with E-state index in [9.17, 15) is 9.59 Å². The summed E-state index contributed by atoms with van der Waals surface area (Å²) < 4.78 is 6.17. The number of benzene rings is 2. The fraction of sp³-hybridized carbons (Fsp3) is 0.176. The lowest BCUT2D eigenvalue weighted by atomic mass is 10.1. The molecule has 2 aromatic rings. The van der Waals surface area contributed by atoms with Crippen LogP contribution >= 0.6 is 15.9 Å². The highest BCUT2D eigenvalue weighted by Crippen LogP contribution is 2.23. The van der Waals surface area contributed by atoms with Crippen LogP contribution in [-0.2, 0) is 11.2 Å². The molecule has 2 N–H and O–H groups in total. The third-order valence-corrected chi connectivity index (χ3v) is 3.50. The molecule has 2 amide bonds. The van der Waals surface area contributed by atoms with Crippen molar-refractivity contribution in [1.29, 1.82) is 0 Å². The SMILES string of the molecule is CCOc1ccc(Br)cc1C(=O)NNC(=O)Cc1ccccc1. The van der Waals surface area contributed by atoms with Gasteiger partial charge in [0.25, 0.3) is 5.91 Å². The normalized spacial score (nSPS) is 10.0. The van der Waals surface area contributed by atoms with E-state index in [1.165, 1.54) is 0 Å². The van der Waals surface area contributed by atoms with Crippen molar-refractivity contribution in [2.75, 3.05) is 6.61 Å². The lowest BCUT2D eigenvalue weighted by molar-refractivity contribution is -0.121. The first kappa shape index (κ1) is 17.0. The molecule has 120 valence electrons. The van der Waals surface area contributed by atoms with Crippen LogP contribution in [0.25, 0.3) is 0 Å². The number of hydrogen-bond acceptors (Lipinski definition) is 3. The number of rotatable bonds is 5. The molecule has 23 heavy (non-hydrogen) atoms. The Morgan fingerprint density at radius 3 is 2.52 bits per heavy atom. The molecule has 5 nitrogen and oxygen atoms in total. The highest BCUT2D eigenvalue weighted by Gasteiger charge is 2.14. The number of hydrazine groups is 1. The Labute approximate surface area is 143 Å². The monoisotopic (exact) mass is 376 g/mol. The van der Waals surface area contributed by atoms with Gasteiger partial charge in [0, 0.05) is 4.47 Å². The fourth-order valence-electron chi connectivity index (χ4n) is 1.98. The molecule has 2 rings (SSSR count). The highest BCUT2D eigenvalue weighted by molar-refractivity contribution is 9.10. The predicted molar refractivity (Wildman–Crippen MR) is 91.1 cm³/mol. The molecule has 0 spiro atoms. The quantitative estimate of drug-likeness (QED) is 0.788. The van der Waals surface area contributed by atoms with Crippen molar-refractivity contribution in [3.63, 3.8) is 0 Å². The van der Waals surface area contributed by atoms with Gasteiger partial charge in [-0.15, -0.1) is 0 Å². The first-order valence-corrected chi connectivity index (χ1v) is 7.95. The van der Waals surface area contributed by atoms with Gasteiger partial charge in [0.2, 0.25) is 5.91 Å². The highest BCUT2D eigenvalue weighted by atomic mass is 79.9. The van der Waals surface area contributed by atoms with Gasteiger partial charge in [-0.2, -0.15) is 0 Å². The van der Waals surface area contributed by atoms with Crippen LogP contribution in [-0.4, -0.2) is 18.4 Å². The molecule has 0 radical (unpaired) electrons. The van der Waals surface area contributed by atoms with E-state index in [0.29, 0.717) is 17.9 Å². The van der Waals surface area contributed by atoms with Crippen LogP contribution in [0.15, 0.2) is 53.0 Å². The summed E-state index contributed by atoms with van der Waals surface area (Å²) in [5, 5.41) is 0. The molecule has 0 aromatic heterocycles. The second-order valence-corrected chi connectivity index (χ2v) is 5.65. The van der Waals surface area contributed by atoms with Crippen LogP contribution in [0.5, 0.6) is 5.75 Å². The van der Waals surface area contributed by atoms with Crippen LogP contribution < -0.4 is 15.6 Å². The van der Waals surface area contributed by atoms with E-state index in [-0.39, 0.29) is 12.3 Å². The Morgan fingerprint density at radius 2 is 1.83 bits per heavy atom. The number of carbonyl (C=O) groups is 2.